The SMILES string of the molecule is Cc1cc(Br)ccc1NC(=O)CN(C)C(=O)/C=C/c1ccc2c(c1)OCO2. The summed E-state index contributed by atoms with van der Waals surface area (Å²) < 4.78 is 11.5. The van der Waals surface area contributed by atoms with Gasteiger partial charge in [0.2, 0.25) is 18.6 Å². The Hall–Kier alpha value is -2.80. The number of carbonyl (C=O) groups excluding carboxylic acids is 2. The number of anilines is 1. The fourth-order valence-corrected chi connectivity index (χ4v) is 3.04. The molecule has 0 aromatic heterocycles. The molecule has 2 aromatic rings. The van der Waals surface area contributed by atoms with Crippen molar-refractivity contribution in [3.63, 3.8) is 0 Å². The van der Waals surface area contributed by atoms with Crippen LogP contribution in [-0.2, 0) is 9.59 Å². The third-order valence-corrected chi connectivity index (χ3v) is 4.53. The smallest absolute Gasteiger partial charge is 0.246 e. The number of aryl methyl sites for hydroxylation is 1. The molecule has 3 rings (SSSR count). The van der Waals surface area contributed by atoms with Gasteiger partial charge >= 0.3 is 0 Å². The summed E-state index contributed by atoms with van der Waals surface area (Å²) in [5.41, 5.74) is 2.48. The molecule has 6 nitrogen and oxygen atoms in total. The second-order valence-corrected chi connectivity index (χ2v) is 7.06. The number of rotatable bonds is 5. The third-order valence-electron chi connectivity index (χ3n) is 4.03. The Morgan fingerprint density at radius 2 is 1.96 bits per heavy atom. The first-order valence-corrected chi connectivity index (χ1v) is 9.10. The van der Waals surface area contributed by atoms with Gasteiger partial charge in [-0.25, -0.2) is 0 Å². The molecule has 0 spiro atoms. The lowest BCUT2D eigenvalue weighted by Crippen LogP contribution is -2.34. The van der Waals surface area contributed by atoms with Gasteiger partial charge in [0.1, 0.15) is 0 Å². The van der Waals surface area contributed by atoms with Crippen molar-refractivity contribution in [2.75, 3.05) is 25.7 Å². The zero-order valence-corrected chi connectivity index (χ0v) is 16.6. The summed E-state index contributed by atoms with van der Waals surface area (Å²) >= 11 is 3.39. The van der Waals surface area contributed by atoms with E-state index in [1.807, 2.05) is 31.2 Å². The summed E-state index contributed by atoms with van der Waals surface area (Å²) in [4.78, 5) is 25.8. The number of nitrogens with one attached hydrogen (secondary N) is 1. The number of hydrogen-bond donors (Lipinski definition) is 1. The maximum absolute atomic E-state index is 12.2. The van der Waals surface area contributed by atoms with E-state index in [1.165, 1.54) is 11.0 Å². The van der Waals surface area contributed by atoms with Crippen LogP contribution in [0.2, 0.25) is 0 Å². The predicted octanol–water partition coefficient (Wildman–Crippen LogP) is 3.60. The molecule has 0 radical (unpaired) electrons. The van der Waals surface area contributed by atoms with E-state index in [9.17, 15) is 9.59 Å². The van der Waals surface area contributed by atoms with Gasteiger partial charge in [-0.15, -0.1) is 0 Å². The molecule has 0 unspecified atom stereocenters. The molecule has 1 aliphatic heterocycles. The molecular formula is C20H19BrN2O4. The largest absolute Gasteiger partial charge is 0.454 e. The van der Waals surface area contributed by atoms with Crippen molar-refractivity contribution in [3.05, 3.63) is 58.1 Å². The summed E-state index contributed by atoms with van der Waals surface area (Å²) in [6, 6.07) is 11.0. The number of benzene rings is 2. The molecule has 0 fully saturated rings. The average molecular weight is 431 g/mol. The van der Waals surface area contributed by atoms with Gasteiger partial charge < -0.3 is 19.7 Å². The van der Waals surface area contributed by atoms with Crippen LogP contribution in [0, 0.1) is 6.92 Å². The fraction of sp³-hybridized carbons (Fsp3) is 0.200. The van der Waals surface area contributed by atoms with E-state index in [4.69, 9.17) is 9.47 Å². The molecular weight excluding hydrogens is 412 g/mol. The zero-order valence-electron chi connectivity index (χ0n) is 15.0. The molecule has 140 valence electrons. The Morgan fingerprint density at radius 3 is 2.74 bits per heavy atom. The van der Waals surface area contributed by atoms with Crippen LogP contribution in [0.1, 0.15) is 11.1 Å². The van der Waals surface area contributed by atoms with Crippen LogP contribution in [-0.4, -0.2) is 37.1 Å². The first-order chi connectivity index (χ1) is 12.9. The fourth-order valence-electron chi connectivity index (χ4n) is 2.56. The normalized spacial score (nSPS) is 12.3. The molecule has 2 aromatic carbocycles. The lowest BCUT2D eigenvalue weighted by molar-refractivity contribution is -0.129. The van der Waals surface area contributed by atoms with Crippen molar-refractivity contribution in [2.45, 2.75) is 6.92 Å². The van der Waals surface area contributed by atoms with E-state index in [0.717, 1.165) is 21.3 Å². The molecule has 0 atom stereocenters. The standard InChI is InChI=1S/C20H19BrN2O4/c1-13-9-15(21)5-6-16(13)22-19(24)11-23(2)20(25)8-4-14-3-7-17-18(10-14)27-12-26-17/h3-10H,11-12H2,1-2H3,(H,22,24)/b8-4+. The highest BCUT2D eigenvalue weighted by Gasteiger charge is 2.14. The Bertz CT molecular complexity index is 911. The highest BCUT2D eigenvalue weighted by atomic mass is 79.9. The summed E-state index contributed by atoms with van der Waals surface area (Å²) in [7, 11) is 1.58. The van der Waals surface area contributed by atoms with Crippen LogP contribution in [0.25, 0.3) is 6.08 Å². The van der Waals surface area contributed by atoms with Gasteiger partial charge in [0.05, 0.1) is 6.54 Å². The average Bonchev–Trinajstić information content (AvgIpc) is 3.09. The molecule has 1 N–H and O–H groups in total. The van der Waals surface area contributed by atoms with Crippen molar-refractivity contribution < 1.29 is 19.1 Å². The summed E-state index contributed by atoms with van der Waals surface area (Å²) in [5, 5.41) is 2.82. The molecule has 27 heavy (non-hydrogen) atoms. The molecule has 7 heteroatoms. The molecule has 0 saturated heterocycles. The minimum Gasteiger partial charge on any atom is -0.454 e. The number of likely N-dealkylation sites (N-methyl/N-ethyl adjacent to an activating group) is 1. The second kappa shape index (κ2) is 8.26. The number of amides is 2. The van der Waals surface area contributed by atoms with Crippen LogP contribution in [0.15, 0.2) is 46.9 Å². The van der Waals surface area contributed by atoms with Gasteiger partial charge in [0, 0.05) is 23.3 Å². The third kappa shape index (κ3) is 4.89. The van der Waals surface area contributed by atoms with E-state index in [0.29, 0.717) is 11.5 Å². The number of nitrogens with zero attached hydrogens (tertiary/aromatic N) is 1. The van der Waals surface area contributed by atoms with Crippen LogP contribution in [0.4, 0.5) is 5.69 Å². The number of fused-ring (bicyclic) bond motifs is 1. The summed E-state index contributed by atoms with van der Waals surface area (Å²) in [6.07, 6.45) is 3.10. The van der Waals surface area contributed by atoms with Crippen molar-refractivity contribution in [3.8, 4) is 11.5 Å². The highest BCUT2D eigenvalue weighted by molar-refractivity contribution is 9.10. The zero-order chi connectivity index (χ0) is 19.4. The van der Waals surface area contributed by atoms with Crippen molar-refractivity contribution in [1.29, 1.82) is 0 Å². The summed E-state index contributed by atoms with van der Waals surface area (Å²) in [5.74, 6) is 0.820. The number of ether oxygens (including phenoxy) is 2. The minimum absolute atomic E-state index is 0.0418. The maximum atomic E-state index is 12.2. The summed E-state index contributed by atoms with van der Waals surface area (Å²) in [6.45, 7) is 2.07. The Kier molecular flexibility index (Phi) is 5.81. The van der Waals surface area contributed by atoms with E-state index in [1.54, 1.807) is 25.3 Å². The Labute approximate surface area is 165 Å². The van der Waals surface area contributed by atoms with E-state index < -0.39 is 0 Å². The minimum atomic E-state index is -0.268. The van der Waals surface area contributed by atoms with Gasteiger partial charge in [0.15, 0.2) is 11.5 Å². The van der Waals surface area contributed by atoms with Crippen molar-refractivity contribution in [2.24, 2.45) is 0 Å². The molecule has 0 bridgehead atoms. The molecule has 1 heterocycles. The number of carbonyl (C=O) groups is 2. The maximum Gasteiger partial charge on any atom is 0.246 e. The van der Waals surface area contributed by atoms with Crippen molar-refractivity contribution >= 4 is 39.5 Å². The van der Waals surface area contributed by atoms with Gasteiger partial charge in [-0.05, 0) is 54.5 Å². The van der Waals surface area contributed by atoms with Gasteiger partial charge in [-0.2, -0.15) is 0 Å². The second-order valence-electron chi connectivity index (χ2n) is 6.15. The van der Waals surface area contributed by atoms with Crippen molar-refractivity contribution in [1.82, 2.24) is 4.90 Å². The van der Waals surface area contributed by atoms with Gasteiger partial charge in [-0.1, -0.05) is 22.0 Å². The van der Waals surface area contributed by atoms with Crippen LogP contribution in [0.5, 0.6) is 11.5 Å². The molecule has 1 aliphatic rings. The van der Waals surface area contributed by atoms with Crippen LogP contribution >= 0.6 is 15.9 Å². The molecule has 0 aliphatic carbocycles. The van der Waals surface area contributed by atoms with Gasteiger partial charge in [0.25, 0.3) is 0 Å². The lowest BCUT2D eigenvalue weighted by atomic mass is 10.2. The topological polar surface area (TPSA) is 67.9 Å². The monoisotopic (exact) mass is 430 g/mol. The number of hydrogen-bond acceptors (Lipinski definition) is 4. The first-order valence-electron chi connectivity index (χ1n) is 8.31. The highest BCUT2D eigenvalue weighted by Crippen LogP contribution is 2.32. The lowest BCUT2D eigenvalue weighted by Gasteiger charge is -2.15. The van der Waals surface area contributed by atoms with E-state index in [2.05, 4.69) is 21.2 Å². The van der Waals surface area contributed by atoms with Crippen LogP contribution in [0.3, 0.4) is 0 Å². The predicted molar refractivity (Wildman–Crippen MR) is 107 cm³/mol. The number of halogens is 1. The van der Waals surface area contributed by atoms with E-state index >= 15 is 0 Å². The quantitative estimate of drug-likeness (QED) is 0.735. The molecule has 2 amide bonds. The Morgan fingerprint density at radius 1 is 1.19 bits per heavy atom. The van der Waals surface area contributed by atoms with Crippen LogP contribution < -0.4 is 14.8 Å². The van der Waals surface area contributed by atoms with Gasteiger partial charge in [-0.3, -0.25) is 9.59 Å². The molecule has 0 saturated carbocycles. The van der Waals surface area contributed by atoms with E-state index in [-0.39, 0.29) is 25.2 Å². The first kappa shape index (κ1) is 19.0. The Balaban J connectivity index is 1.56.